The van der Waals surface area contributed by atoms with Gasteiger partial charge in [-0.25, -0.2) is 0 Å². The van der Waals surface area contributed by atoms with Crippen LogP contribution in [0.4, 0.5) is 11.5 Å². The van der Waals surface area contributed by atoms with Crippen molar-refractivity contribution in [2.24, 2.45) is 0 Å². The van der Waals surface area contributed by atoms with Crippen LogP contribution in [0.1, 0.15) is 16.8 Å². The van der Waals surface area contributed by atoms with Crippen molar-refractivity contribution in [2.45, 2.75) is 13.8 Å². The molecule has 19 heavy (non-hydrogen) atoms. The Morgan fingerprint density at radius 1 is 1.32 bits per heavy atom. The van der Waals surface area contributed by atoms with Crippen molar-refractivity contribution in [1.82, 2.24) is 10.2 Å². The van der Waals surface area contributed by atoms with E-state index in [0.717, 1.165) is 14.8 Å². The molecule has 6 heteroatoms. The lowest BCUT2D eigenvalue weighted by atomic mass is 10.1. The topological polar surface area (TPSA) is 61.6 Å². The van der Waals surface area contributed by atoms with Crippen LogP contribution in [0, 0.1) is 28.7 Å². The van der Waals surface area contributed by atoms with E-state index < -0.39 is 0 Å². The van der Waals surface area contributed by atoms with Gasteiger partial charge in [0.15, 0.2) is 5.82 Å². The highest BCUT2D eigenvalue weighted by Gasteiger charge is 2.12. The molecular weight excluding hydrogens is 375 g/mol. The van der Waals surface area contributed by atoms with E-state index in [-0.39, 0.29) is 0 Å². The molecule has 2 rings (SSSR count). The number of rotatable bonds is 2. The second kappa shape index (κ2) is 5.72. The van der Waals surface area contributed by atoms with Gasteiger partial charge in [0.1, 0.15) is 11.6 Å². The number of hydrogen-bond donors (Lipinski definition) is 1. The standard InChI is InChI=1S/C13H10ClIN4/c1-7-8(2)18-19-13(10(7)6-16)17-12-4-3-9(15)5-11(12)14/h3-5H,1-2H3,(H,17,19). The molecule has 1 N–H and O–H groups in total. The van der Waals surface area contributed by atoms with E-state index in [4.69, 9.17) is 11.6 Å². The molecule has 1 aromatic carbocycles. The first kappa shape index (κ1) is 14.0. The fourth-order valence-electron chi connectivity index (χ4n) is 1.55. The van der Waals surface area contributed by atoms with Gasteiger partial charge < -0.3 is 5.32 Å². The van der Waals surface area contributed by atoms with Crippen LogP contribution in [-0.4, -0.2) is 10.2 Å². The Labute approximate surface area is 129 Å². The zero-order valence-corrected chi connectivity index (χ0v) is 13.2. The number of hydrogen-bond acceptors (Lipinski definition) is 4. The molecule has 0 fully saturated rings. The minimum atomic E-state index is 0.425. The highest BCUT2D eigenvalue weighted by Crippen LogP contribution is 2.28. The van der Waals surface area contributed by atoms with Crippen LogP contribution < -0.4 is 5.32 Å². The summed E-state index contributed by atoms with van der Waals surface area (Å²) in [6, 6.07) is 7.76. The molecule has 1 aromatic heterocycles. The maximum atomic E-state index is 9.22. The Bertz CT molecular complexity index is 679. The number of anilines is 2. The molecule has 2 aromatic rings. The van der Waals surface area contributed by atoms with Gasteiger partial charge in [-0.3, -0.25) is 0 Å². The third kappa shape index (κ3) is 2.96. The number of nitrogens with zero attached hydrogens (tertiary/aromatic N) is 3. The summed E-state index contributed by atoms with van der Waals surface area (Å²) in [6.45, 7) is 3.67. The lowest BCUT2D eigenvalue weighted by Gasteiger charge is -2.10. The van der Waals surface area contributed by atoms with Crippen LogP contribution in [-0.2, 0) is 0 Å². The molecule has 96 valence electrons. The first-order chi connectivity index (χ1) is 9.02. The Hall–Kier alpha value is -1.39. The van der Waals surface area contributed by atoms with Gasteiger partial charge in [0.2, 0.25) is 0 Å². The second-order valence-electron chi connectivity index (χ2n) is 3.99. The number of benzene rings is 1. The van der Waals surface area contributed by atoms with Gasteiger partial charge in [0.05, 0.1) is 16.4 Å². The van der Waals surface area contributed by atoms with Crippen molar-refractivity contribution >= 4 is 45.7 Å². The molecule has 4 nitrogen and oxygen atoms in total. The zero-order chi connectivity index (χ0) is 14.0. The Morgan fingerprint density at radius 3 is 2.68 bits per heavy atom. The molecule has 0 aliphatic heterocycles. The van der Waals surface area contributed by atoms with Crippen molar-refractivity contribution in [1.29, 1.82) is 5.26 Å². The van der Waals surface area contributed by atoms with E-state index in [1.54, 1.807) is 0 Å². The summed E-state index contributed by atoms with van der Waals surface area (Å²) in [5, 5.41) is 20.9. The van der Waals surface area contributed by atoms with Crippen LogP contribution in [0.15, 0.2) is 18.2 Å². The molecule has 0 saturated carbocycles. The third-order valence-corrected chi connectivity index (χ3v) is 3.73. The average molecular weight is 385 g/mol. The van der Waals surface area contributed by atoms with Gasteiger partial charge in [-0.15, -0.1) is 5.10 Å². The molecular formula is C13H10ClIN4. The fraction of sp³-hybridized carbons (Fsp3) is 0.154. The van der Waals surface area contributed by atoms with Crippen LogP contribution in [0.3, 0.4) is 0 Å². The van der Waals surface area contributed by atoms with Gasteiger partial charge in [-0.05, 0) is 60.2 Å². The Balaban J connectivity index is 2.44. The SMILES string of the molecule is Cc1nnc(Nc2ccc(I)cc2Cl)c(C#N)c1C. The van der Waals surface area contributed by atoms with Gasteiger partial charge in [0.25, 0.3) is 0 Å². The highest BCUT2D eigenvalue weighted by atomic mass is 127. The summed E-state index contributed by atoms with van der Waals surface area (Å²) in [6.07, 6.45) is 0. The van der Waals surface area contributed by atoms with E-state index >= 15 is 0 Å². The summed E-state index contributed by atoms with van der Waals surface area (Å²) in [4.78, 5) is 0. The zero-order valence-electron chi connectivity index (χ0n) is 10.3. The van der Waals surface area contributed by atoms with Gasteiger partial charge in [0, 0.05) is 3.57 Å². The maximum Gasteiger partial charge on any atom is 0.171 e. The minimum Gasteiger partial charge on any atom is -0.336 e. The summed E-state index contributed by atoms with van der Waals surface area (Å²) < 4.78 is 1.04. The summed E-state index contributed by atoms with van der Waals surface area (Å²) in [7, 11) is 0. The van der Waals surface area contributed by atoms with Crippen LogP contribution in [0.25, 0.3) is 0 Å². The second-order valence-corrected chi connectivity index (χ2v) is 5.65. The number of nitrogens with one attached hydrogen (secondary N) is 1. The maximum absolute atomic E-state index is 9.22. The highest BCUT2D eigenvalue weighted by molar-refractivity contribution is 14.1. The quantitative estimate of drug-likeness (QED) is 0.796. The van der Waals surface area contributed by atoms with Crippen LogP contribution >= 0.6 is 34.2 Å². The monoisotopic (exact) mass is 384 g/mol. The van der Waals surface area contributed by atoms with Gasteiger partial charge in [-0.2, -0.15) is 10.4 Å². The van der Waals surface area contributed by atoms with E-state index in [1.165, 1.54) is 0 Å². The number of halogens is 2. The Kier molecular flexibility index (Phi) is 4.22. The van der Waals surface area contributed by atoms with Crippen LogP contribution in [0.5, 0.6) is 0 Å². The number of aryl methyl sites for hydroxylation is 1. The molecule has 0 amide bonds. The molecule has 0 saturated heterocycles. The summed E-state index contributed by atoms with van der Waals surface area (Å²) >= 11 is 8.33. The van der Waals surface area contributed by atoms with Crippen molar-refractivity contribution in [2.75, 3.05) is 5.32 Å². The molecule has 1 heterocycles. The van der Waals surface area contributed by atoms with E-state index in [0.29, 0.717) is 22.1 Å². The summed E-state index contributed by atoms with van der Waals surface area (Å²) in [5.74, 6) is 0.425. The van der Waals surface area contributed by atoms with E-state index in [9.17, 15) is 5.26 Å². The first-order valence-corrected chi connectivity index (χ1v) is 6.94. The lowest BCUT2D eigenvalue weighted by molar-refractivity contribution is 0.960. The third-order valence-electron chi connectivity index (χ3n) is 2.75. The van der Waals surface area contributed by atoms with E-state index in [1.807, 2.05) is 32.0 Å². The molecule has 0 atom stereocenters. The van der Waals surface area contributed by atoms with Gasteiger partial charge >= 0.3 is 0 Å². The predicted octanol–water partition coefficient (Wildman–Crippen LogP) is 3.97. The fourth-order valence-corrected chi connectivity index (χ4v) is 2.45. The van der Waals surface area contributed by atoms with E-state index in [2.05, 4.69) is 44.2 Å². The molecule has 0 unspecified atom stereocenters. The molecule has 0 spiro atoms. The lowest BCUT2D eigenvalue weighted by Crippen LogP contribution is -2.03. The molecule has 0 radical (unpaired) electrons. The van der Waals surface area contributed by atoms with Crippen molar-refractivity contribution < 1.29 is 0 Å². The van der Waals surface area contributed by atoms with Crippen molar-refractivity contribution in [3.05, 3.63) is 43.6 Å². The van der Waals surface area contributed by atoms with Crippen LogP contribution in [0.2, 0.25) is 5.02 Å². The number of nitriles is 1. The number of aromatic nitrogens is 2. The van der Waals surface area contributed by atoms with Gasteiger partial charge in [-0.1, -0.05) is 11.6 Å². The average Bonchev–Trinajstić information content (AvgIpc) is 2.37. The van der Waals surface area contributed by atoms with Crippen molar-refractivity contribution in [3.63, 3.8) is 0 Å². The predicted molar refractivity (Wildman–Crippen MR) is 83.7 cm³/mol. The smallest absolute Gasteiger partial charge is 0.171 e. The molecule has 0 aliphatic carbocycles. The summed E-state index contributed by atoms with van der Waals surface area (Å²) in [5.41, 5.74) is 2.76. The largest absolute Gasteiger partial charge is 0.336 e. The Morgan fingerprint density at radius 2 is 2.05 bits per heavy atom. The van der Waals surface area contributed by atoms with Crippen molar-refractivity contribution in [3.8, 4) is 6.07 Å². The first-order valence-electron chi connectivity index (χ1n) is 5.49. The molecule has 0 bridgehead atoms. The minimum absolute atomic E-state index is 0.425. The molecule has 0 aliphatic rings. The normalized spacial score (nSPS) is 10.1.